The second-order valence-corrected chi connectivity index (χ2v) is 3.65. The van der Waals surface area contributed by atoms with Gasteiger partial charge in [-0.25, -0.2) is 4.57 Å². The van der Waals surface area contributed by atoms with Crippen LogP contribution in [0.1, 0.15) is 6.92 Å². The van der Waals surface area contributed by atoms with Gasteiger partial charge in [0, 0.05) is 0 Å². The van der Waals surface area contributed by atoms with Gasteiger partial charge in [-0.15, -0.1) is 0 Å². The summed E-state index contributed by atoms with van der Waals surface area (Å²) in [6.45, 7) is 2.39. The Morgan fingerprint density at radius 3 is 2.07 bits per heavy atom. The first-order valence-corrected chi connectivity index (χ1v) is 5.52. The Labute approximate surface area is 130 Å². The van der Waals surface area contributed by atoms with E-state index in [1.165, 1.54) is 12.1 Å². The van der Waals surface area contributed by atoms with Crippen molar-refractivity contribution in [3.05, 3.63) is 24.3 Å². The van der Waals surface area contributed by atoms with E-state index in [1.54, 1.807) is 12.1 Å². The summed E-state index contributed by atoms with van der Waals surface area (Å²) in [6.07, 6.45) is 0. The standard InChI is InChI=1S/C8H11O5P.K.H/c1-2-12-7-3-5-8(6-4-7)13-14(9,10)11;;/h3-6H,2H2,1H3,(H2,9,10,11);;. The molecule has 0 saturated carbocycles. The van der Waals surface area contributed by atoms with E-state index in [-0.39, 0.29) is 57.1 Å². The number of phosphoric acid groups is 1. The molecule has 5 nitrogen and oxygen atoms in total. The molecule has 0 amide bonds. The Bertz CT molecular complexity index is 333. The molecule has 0 atom stereocenters. The predicted octanol–water partition coefficient (Wildman–Crippen LogP) is 0.908. The van der Waals surface area contributed by atoms with Crippen LogP contribution in [0.4, 0.5) is 0 Å². The Hall–Kier alpha value is 0.606. The fraction of sp³-hybridized carbons (Fsp3) is 0.250. The first-order valence-electron chi connectivity index (χ1n) is 3.99. The molecule has 1 aromatic carbocycles. The predicted molar refractivity (Wildman–Crippen MR) is 57.4 cm³/mol. The number of ether oxygens (including phenoxy) is 1. The number of hydrogen-bond acceptors (Lipinski definition) is 3. The van der Waals surface area contributed by atoms with Crippen molar-refractivity contribution in [1.29, 1.82) is 0 Å². The van der Waals surface area contributed by atoms with E-state index in [1.807, 2.05) is 6.92 Å². The summed E-state index contributed by atoms with van der Waals surface area (Å²) < 4.78 is 19.9. The maximum absolute atomic E-state index is 10.5. The second kappa shape index (κ2) is 7.03. The van der Waals surface area contributed by atoms with Crippen LogP contribution in [0, 0.1) is 0 Å². The molecule has 1 rings (SSSR count). The third-order valence-corrected chi connectivity index (χ3v) is 1.81. The van der Waals surface area contributed by atoms with E-state index in [2.05, 4.69) is 4.52 Å². The quantitative estimate of drug-likeness (QED) is 0.620. The molecular weight excluding hydrogens is 246 g/mol. The Morgan fingerprint density at radius 2 is 1.67 bits per heavy atom. The monoisotopic (exact) mass is 258 g/mol. The topological polar surface area (TPSA) is 76.0 Å². The molecule has 0 aromatic heterocycles. The van der Waals surface area contributed by atoms with Crippen LogP contribution < -0.4 is 9.26 Å². The van der Waals surface area contributed by atoms with Crippen LogP contribution in [0.25, 0.3) is 0 Å². The number of phosphoric ester groups is 1. The molecular formula is C8H12KO5P. The van der Waals surface area contributed by atoms with Crippen molar-refractivity contribution in [3.63, 3.8) is 0 Å². The van der Waals surface area contributed by atoms with Gasteiger partial charge in [0.15, 0.2) is 0 Å². The number of rotatable bonds is 4. The van der Waals surface area contributed by atoms with Gasteiger partial charge in [-0.2, -0.15) is 0 Å². The van der Waals surface area contributed by atoms with Crippen LogP contribution in [0.3, 0.4) is 0 Å². The molecule has 0 unspecified atom stereocenters. The fourth-order valence-electron chi connectivity index (χ4n) is 0.901. The van der Waals surface area contributed by atoms with Crippen molar-refractivity contribution in [3.8, 4) is 11.5 Å². The second-order valence-electron chi connectivity index (χ2n) is 2.49. The first kappa shape index (κ1) is 15.6. The van der Waals surface area contributed by atoms with Gasteiger partial charge in [0.1, 0.15) is 11.5 Å². The third kappa shape index (κ3) is 6.70. The molecule has 0 spiro atoms. The van der Waals surface area contributed by atoms with Gasteiger partial charge in [-0.1, -0.05) is 0 Å². The van der Waals surface area contributed by atoms with E-state index in [4.69, 9.17) is 14.5 Å². The molecule has 1 aromatic rings. The molecule has 0 aliphatic rings. The summed E-state index contributed by atoms with van der Waals surface area (Å²) in [5, 5.41) is 0. The summed E-state index contributed by atoms with van der Waals surface area (Å²) in [4.78, 5) is 17.0. The van der Waals surface area contributed by atoms with Gasteiger partial charge in [0.05, 0.1) is 6.61 Å². The van der Waals surface area contributed by atoms with Crippen LogP contribution in [-0.2, 0) is 4.57 Å². The van der Waals surface area contributed by atoms with Crippen LogP contribution in [0.5, 0.6) is 11.5 Å². The molecule has 0 fully saturated rings. The number of hydrogen-bond donors (Lipinski definition) is 2. The van der Waals surface area contributed by atoms with E-state index in [0.717, 1.165) is 0 Å². The van der Waals surface area contributed by atoms with Gasteiger partial charge in [-0.3, -0.25) is 9.79 Å². The SMILES string of the molecule is CCOc1ccc(OP(=O)(O)O)cc1.[KH]. The summed E-state index contributed by atoms with van der Waals surface area (Å²) in [5.74, 6) is 0.743. The molecule has 0 aliphatic carbocycles. The zero-order chi connectivity index (χ0) is 10.6. The van der Waals surface area contributed by atoms with Gasteiger partial charge in [-0.05, 0) is 31.2 Å². The van der Waals surface area contributed by atoms with Crippen molar-refractivity contribution in [2.24, 2.45) is 0 Å². The summed E-state index contributed by atoms with van der Waals surface area (Å²) in [6, 6.07) is 6.02. The van der Waals surface area contributed by atoms with Crippen LogP contribution in [0.15, 0.2) is 24.3 Å². The zero-order valence-corrected chi connectivity index (χ0v) is 8.48. The van der Waals surface area contributed by atoms with Crippen LogP contribution >= 0.6 is 7.82 Å². The Kier molecular flexibility index (Phi) is 7.32. The van der Waals surface area contributed by atoms with E-state index < -0.39 is 7.82 Å². The third-order valence-electron chi connectivity index (χ3n) is 1.36. The summed E-state index contributed by atoms with van der Waals surface area (Å²) >= 11 is 0. The summed E-state index contributed by atoms with van der Waals surface area (Å²) in [5.41, 5.74) is 0. The zero-order valence-electron chi connectivity index (χ0n) is 7.58. The van der Waals surface area contributed by atoms with Crippen molar-refractivity contribution in [2.45, 2.75) is 6.92 Å². The van der Waals surface area contributed by atoms with Crippen LogP contribution in [-0.4, -0.2) is 67.8 Å². The van der Waals surface area contributed by atoms with Gasteiger partial charge >= 0.3 is 59.2 Å². The number of benzene rings is 1. The molecule has 2 N–H and O–H groups in total. The first-order chi connectivity index (χ1) is 6.51. The van der Waals surface area contributed by atoms with Crippen molar-refractivity contribution in [1.82, 2.24) is 0 Å². The molecule has 80 valence electrons. The molecule has 7 heteroatoms. The van der Waals surface area contributed by atoms with Crippen molar-refractivity contribution in [2.75, 3.05) is 6.61 Å². The Morgan fingerprint density at radius 1 is 1.20 bits per heavy atom. The fourth-order valence-corrected chi connectivity index (χ4v) is 1.30. The molecule has 0 radical (unpaired) electrons. The van der Waals surface area contributed by atoms with E-state index in [0.29, 0.717) is 12.4 Å². The molecule has 0 bridgehead atoms. The van der Waals surface area contributed by atoms with Crippen LogP contribution in [0.2, 0.25) is 0 Å². The normalized spacial score (nSPS) is 10.3. The van der Waals surface area contributed by atoms with Crippen molar-refractivity contribution >= 4 is 59.2 Å². The maximum atomic E-state index is 10.5. The minimum atomic E-state index is -4.46. The molecule has 0 aliphatic heterocycles. The summed E-state index contributed by atoms with van der Waals surface area (Å²) in [7, 11) is -4.46. The minimum absolute atomic E-state index is 0. The van der Waals surface area contributed by atoms with Gasteiger partial charge in [0.2, 0.25) is 0 Å². The molecule has 15 heavy (non-hydrogen) atoms. The van der Waals surface area contributed by atoms with E-state index >= 15 is 0 Å². The van der Waals surface area contributed by atoms with E-state index in [9.17, 15) is 4.57 Å². The molecule has 0 saturated heterocycles. The van der Waals surface area contributed by atoms with Gasteiger partial charge in [0.25, 0.3) is 0 Å². The average Bonchev–Trinajstić information content (AvgIpc) is 2.06. The van der Waals surface area contributed by atoms with Crippen molar-refractivity contribution < 1.29 is 23.6 Å². The van der Waals surface area contributed by atoms with Gasteiger partial charge < -0.3 is 9.26 Å². The average molecular weight is 258 g/mol. The molecule has 0 heterocycles. The Balaban J connectivity index is 0.00000196.